The third-order valence-corrected chi connectivity index (χ3v) is 2.90. The van der Waals surface area contributed by atoms with Gasteiger partial charge in [-0.15, -0.1) is 0 Å². The van der Waals surface area contributed by atoms with Crippen LogP contribution in [0, 0.1) is 12.7 Å². The first-order chi connectivity index (χ1) is 8.28. The van der Waals surface area contributed by atoms with E-state index in [1.807, 2.05) is 13.0 Å². The molecular weight excluding hydrogens is 227 g/mol. The Bertz CT molecular complexity index is 383. The summed E-state index contributed by atoms with van der Waals surface area (Å²) < 4.78 is 13.2. The summed E-state index contributed by atoms with van der Waals surface area (Å²) in [6, 6.07) is 4.98. The number of benzene rings is 1. The van der Waals surface area contributed by atoms with Gasteiger partial charge in [-0.2, -0.15) is 0 Å². The molecule has 0 unspecified atom stereocenters. The summed E-state index contributed by atoms with van der Waals surface area (Å²) in [5, 5.41) is 3.45. The lowest BCUT2D eigenvalue weighted by Crippen LogP contribution is -2.40. The van der Waals surface area contributed by atoms with Crippen molar-refractivity contribution in [2.24, 2.45) is 0 Å². The predicted molar refractivity (Wildman–Crippen MR) is 75.2 cm³/mol. The van der Waals surface area contributed by atoms with Gasteiger partial charge in [0.25, 0.3) is 0 Å². The van der Waals surface area contributed by atoms with Gasteiger partial charge in [-0.05, 0) is 58.0 Å². The SMILES string of the molecule is Cc1ccc(F)cc1CN(C)CCNC(C)(C)C. The number of likely N-dealkylation sites (N-methyl/N-ethyl adjacent to an activating group) is 1. The van der Waals surface area contributed by atoms with E-state index in [4.69, 9.17) is 0 Å². The molecule has 102 valence electrons. The molecule has 1 aromatic rings. The lowest BCUT2D eigenvalue weighted by atomic mass is 10.1. The normalized spacial score (nSPS) is 12.2. The second-order valence-electron chi connectivity index (χ2n) is 5.99. The molecule has 0 aliphatic heterocycles. The van der Waals surface area contributed by atoms with Crippen molar-refractivity contribution in [3.8, 4) is 0 Å². The summed E-state index contributed by atoms with van der Waals surface area (Å²) in [6.07, 6.45) is 0. The molecule has 0 radical (unpaired) electrons. The van der Waals surface area contributed by atoms with Crippen LogP contribution in [0.3, 0.4) is 0 Å². The van der Waals surface area contributed by atoms with E-state index < -0.39 is 0 Å². The molecule has 0 saturated carbocycles. The van der Waals surface area contributed by atoms with Crippen LogP contribution in [0.4, 0.5) is 4.39 Å². The van der Waals surface area contributed by atoms with Gasteiger partial charge in [0, 0.05) is 25.2 Å². The first-order valence-corrected chi connectivity index (χ1v) is 6.46. The van der Waals surface area contributed by atoms with E-state index in [0.29, 0.717) is 0 Å². The molecule has 0 saturated heterocycles. The summed E-state index contributed by atoms with van der Waals surface area (Å²) in [5.74, 6) is -0.156. The number of rotatable bonds is 5. The van der Waals surface area contributed by atoms with Crippen molar-refractivity contribution < 1.29 is 4.39 Å². The average Bonchev–Trinajstić information content (AvgIpc) is 2.21. The second kappa shape index (κ2) is 6.30. The van der Waals surface area contributed by atoms with Gasteiger partial charge < -0.3 is 10.2 Å². The zero-order valence-corrected chi connectivity index (χ0v) is 12.2. The van der Waals surface area contributed by atoms with E-state index >= 15 is 0 Å². The van der Waals surface area contributed by atoms with E-state index in [-0.39, 0.29) is 11.4 Å². The smallest absolute Gasteiger partial charge is 0.123 e. The van der Waals surface area contributed by atoms with E-state index in [1.54, 1.807) is 6.07 Å². The van der Waals surface area contributed by atoms with Gasteiger partial charge in [-0.1, -0.05) is 6.07 Å². The Morgan fingerprint density at radius 1 is 1.28 bits per heavy atom. The van der Waals surface area contributed by atoms with Crippen LogP contribution in [0.1, 0.15) is 31.9 Å². The highest BCUT2D eigenvalue weighted by Crippen LogP contribution is 2.12. The van der Waals surface area contributed by atoms with Crippen LogP contribution >= 0.6 is 0 Å². The Hall–Kier alpha value is -0.930. The number of aryl methyl sites for hydroxylation is 1. The molecule has 0 bridgehead atoms. The van der Waals surface area contributed by atoms with E-state index in [1.165, 1.54) is 6.07 Å². The topological polar surface area (TPSA) is 15.3 Å². The first kappa shape index (κ1) is 15.1. The molecule has 18 heavy (non-hydrogen) atoms. The van der Waals surface area contributed by atoms with Gasteiger partial charge in [0.15, 0.2) is 0 Å². The van der Waals surface area contributed by atoms with Gasteiger partial charge in [-0.3, -0.25) is 0 Å². The van der Waals surface area contributed by atoms with Crippen molar-refractivity contribution in [3.63, 3.8) is 0 Å². The van der Waals surface area contributed by atoms with Gasteiger partial charge >= 0.3 is 0 Å². The maximum absolute atomic E-state index is 13.2. The van der Waals surface area contributed by atoms with Gasteiger partial charge in [0.05, 0.1) is 0 Å². The number of hydrogen-bond acceptors (Lipinski definition) is 2. The van der Waals surface area contributed by atoms with Crippen molar-refractivity contribution in [2.45, 2.75) is 39.8 Å². The zero-order chi connectivity index (χ0) is 13.8. The van der Waals surface area contributed by atoms with Crippen LogP contribution < -0.4 is 5.32 Å². The van der Waals surface area contributed by atoms with E-state index in [9.17, 15) is 4.39 Å². The van der Waals surface area contributed by atoms with Crippen LogP contribution in [0.25, 0.3) is 0 Å². The fraction of sp³-hybridized carbons (Fsp3) is 0.600. The standard InChI is InChI=1S/C15H25FN2/c1-12-6-7-14(16)10-13(12)11-18(5)9-8-17-15(2,3)4/h6-7,10,17H,8-9,11H2,1-5H3. The Balaban J connectivity index is 2.44. The number of halogens is 1. The minimum Gasteiger partial charge on any atom is -0.311 e. The second-order valence-corrected chi connectivity index (χ2v) is 5.99. The van der Waals surface area contributed by atoms with Crippen LogP contribution in [0.15, 0.2) is 18.2 Å². The molecule has 0 spiro atoms. The van der Waals surface area contributed by atoms with Crippen molar-refractivity contribution in [1.82, 2.24) is 10.2 Å². The molecule has 0 aromatic heterocycles. The highest BCUT2D eigenvalue weighted by atomic mass is 19.1. The fourth-order valence-corrected chi connectivity index (χ4v) is 1.80. The largest absolute Gasteiger partial charge is 0.311 e. The first-order valence-electron chi connectivity index (χ1n) is 6.46. The molecule has 0 aliphatic carbocycles. The van der Waals surface area contributed by atoms with Crippen molar-refractivity contribution >= 4 is 0 Å². The summed E-state index contributed by atoms with van der Waals surface area (Å²) >= 11 is 0. The number of nitrogens with zero attached hydrogens (tertiary/aromatic N) is 1. The van der Waals surface area contributed by atoms with E-state index in [2.05, 4.69) is 38.0 Å². The summed E-state index contributed by atoms with van der Waals surface area (Å²) in [5.41, 5.74) is 2.36. The maximum Gasteiger partial charge on any atom is 0.123 e. The average molecular weight is 252 g/mol. The van der Waals surface area contributed by atoms with Crippen LogP contribution in [0.5, 0.6) is 0 Å². The molecule has 0 atom stereocenters. The zero-order valence-electron chi connectivity index (χ0n) is 12.2. The third-order valence-electron chi connectivity index (χ3n) is 2.90. The monoisotopic (exact) mass is 252 g/mol. The molecular formula is C15H25FN2. The van der Waals surface area contributed by atoms with Crippen molar-refractivity contribution in [2.75, 3.05) is 20.1 Å². The van der Waals surface area contributed by atoms with Crippen LogP contribution in [0.2, 0.25) is 0 Å². The summed E-state index contributed by atoms with van der Waals surface area (Å²) in [6.45, 7) is 11.2. The Morgan fingerprint density at radius 2 is 1.94 bits per heavy atom. The maximum atomic E-state index is 13.2. The molecule has 0 amide bonds. The molecule has 2 nitrogen and oxygen atoms in total. The molecule has 3 heteroatoms. The quantitative estimate of drug-likeness (QED) is 0.866. The molecule has 1 rings (SSSR count). The van der Waals surface area contributed by atoms with Gasteiger partial charge in [0.1, 0.15) is 5.82 Å². The number of hydrogen-bond donors (Lipinski definition) is 1. The van der Waals surface area contributed by atoms with Crippen molar-refractivity contribution in [3.05, 3.63) is 35.1 Å². The summed E-state index contributed by atoms with van der Waals surface area (Å²) in [4.78, 5) is 2.21. The van der Waals surface area contributed by atoms with E-state index in [0.717, 1.165) is 30.8 Å². The minimum atomic E-state index is -0.156. The number of nitrogens with one attached hydrogen (secondary N) is 1. The van der Waals surface area contributed by atoms with Gasteiger partial charge in [0.2, 0.25) is 0 Å². The van der Waals surface area contributed by atoms with Crippen LogP contribution in [-0.4, -0.2) is 30.6 Å². The fourth-order valence-electron chi connectivity index (χ4n) is 1.80. The summed E-state index contributed by atoms with van der Waals surface area (Å²) in [7, 11) is 2.06. The predicted octanol–water partition coefficient (Wildman–Crippen LogP) is 2.95. The molecule has 1 N–H and O–H groups in total. The molecule has 0 heterocycles. The Kier molecular flexibility index (Phi) is 5.29. The Labute approximate surface area is 110 Å². The van der Waals surface area contributed by atoms with Crippen molar-refractivity contribution in [1.29, 1.82) is 0 Å². The lowest BCUT2D eigenvalue weighted by Gasteiger charge is -2.24. The van der Waals surface area contributed by atoms with Crippen LogP contribution in [-0.2, 0) is 6.54 Å². The Morgan fingerprint density at radius 3 is 2.56 bits per heavy atom. The highest BCUT2D eigenvalue weighted by Gasteiger charge is 2.09. The molecule has 0 fully saturated rings. The highest BCUT2D eigenvalue weighted by molar-refractivity contribution is 5.26. The lowest BCUT2D eigenvalue weighted by molar-refractivity contribution is 0.302. The molecule has 1 aromatic carbocycles. The third kappa shape index (κ3) is 5.61. The minimum absolute atomic E-state index is 0.148. The van der Waals surface area contributed by atoms with Gasteiger partial charge in [-0.25, -0.2) is 4.39 Å². The molecule has 0 aliphatic rings.